The van der Waals surface area contributed by atoms with Gasteiger partial charge in [0, 0.05) is 12.6 Å². The van der Waals surface area contributed by atoms with Gasteiger partial charge in [-0.1, -0.05) is 13.8 Å². The Morgan fingerprint density at radius 2 is 2.00 bits per heavy atom. The molecule has 17 heavy (non-hydrogen) atoms. The van der Waals surface area contributed by atoms with Crippen LogP contribution in [0.5, 0.6) is 0 Å². The highest BCUT2D eigenvalue weighted by molar-refractivity contribution is 7.98. The molecule has 5 heteroatoms. The van der Waals surface area contributed by atoms with Gasteiger partial charge in [-0.15, -0.1) is 0 Å². The molecular weight excluding hydrogens is 234 g/mol. The van der Waals surface area contributed by atoms with Crippen LogP contribution in [-0.4, -0.2) is 54.5 Å². The van der Waals surface area contributed by atoms with Crippen molar-refractivity contribution >= 4 is 17.7 Å². The van der Waals surface area contributed by atoms with Crippen LogP contribution in [-0.2, 0) is 4.79 Å². The first-order valence-corrected chi connectivity index (χ1v) is 7.72. The minimum absolute atomic E-state index is 0.0296. The number of carbonyl (C=O) groups excluding carboxylic acids is 1. The van der Waals surface area contributed by atoms with E-state index in [1.807, 2.05) is 6.26 Å². The molecule has 0 saturated carbocycles. The molecule has 0 spiro atoms. The molecule has 3 N–H and O–H groups in total. The highest BCUT2D eigenvalue weighted by Gasteiger charge is 2.15. The average Bonchev–Trinajstić information content (AvgIpc) is 2.34. The minimum atomic E-state index is -0.369. The van der Waals surface area contributed by atoms with E-state index in [0.717, 1.165) is 25.3 Å². The number of nitrogens with two attached hydrogens (primary N) is 1. The summed E-state index contributed by atoms with van der Waals surface area (Å²) in [5.74, 6) is 0.901. The Balaban J connectivity index is 3.89. The van der Waals surface area contributed by atoms with E-state index in [2.05, 4.69) is 31.0 Å². The zero-order valence-electron chi connectivity index (χ0n) is 11.5. The largest absolute Gasteiger partial charge is 0.353 e. The maximum Gasteiger partial charge on any atom is 0.237 e. The smallest absolute Gasteiger partial charge is 0.237 e. The molecule has 4 nitrogen and oxygen atoms in total. The van der Waals surface area contributed by atoms with E-state index in [1.165, 1.54) is 0 Å². The van der Waals surface area contributed by atoms with E-state index < -0.39 is 0 Å². The molecule has 2 atom stereocenters. The second-order valence-electron chi connectivity index (χ2n) is 4.20. The summed E-state index contributed by atoms with van der Waals surface area (Å²) in [4.78, 5) is 14.0. The van der Waals surface area contributed by atoms with Crippen LogP contribution in [0.15, 0.2) is 0 Å². The first-order chi connectivity index (χ1) is 8.06. The first kappa shape index (κ1) is 16.7. The fraction of sp³-hybridized carbons (Fsp3) is 0.917. The SMILES string of the molecule is CCN(CC)C(C)CNC(=O)C(N)CCSC. The summed E-state index contributed by atoms with van der Waals surface area (Å²) in [7, 11) is 0. The zero-order valence-corrected chi connectivity index (χ0v) is 12.3. The minimum Gasteiger partial charge on any atom is -0.353 e. The lowest BCUT2D eigenvalue weighted by Gasteiger charge is -2.26. The van der Waals surface area contributed by atoms with E-state index >= 15 is 0 Å². The van der Waals surface area contributed by atoms with E-state index in [1.54, 1.807) is 11.8 Å². The molecule has 0 aliphatic carbocycles. The van der Waals surface area contributed by atoms with Gasteiger partial charge in [-0.2, -0.15) is 11.8 Å². The summed E-state index contributed by atoms with van der Waals surface area (Å²) in [5.41, 5.74) is 5.79. The van der Waals surface area contributed by atoms with Crippen LogP contribution in [0.1, 0.15) is 27.2 Å². The van der Waals surface area contributed by atoms with Crippen molar-refractivity contribution in [3.05, 3.63) is 0 Å². The molecule has 2 unspecified atom stereocenters. The van der Waals surface area contributed by atoms with Gasteiger partial charge in [0.15, 0.2) is 0 Å². The van der Waals surface area contributed by atoms with Gasteiger partial charge in [-0.3, -0.25) is 9.69 Å². The van der Waals surface area contributed by atoms with Crippen molar-refractivity contribution in [1.82, 2.24) is 10.2 Å². The Bertz CT molecular complexity index is 210. The second kappa shape index (κ2) is 9.74. The van der Waals surface area contributed by atoms with Crippen LogP contribution in [0.4, 0.5) is 0 Å². The summed E-state index contributed by atoms with van der Waals surface area (Å²) in [6.07, 6.45) is 2.76. The molecule has 0 aromatic carbocycles. The topological polar surface area (TPSA) is 58.4 Å². The van der Waals surface area contributed by atoms with Gasteiger partial charge in [-0.05, 0) is 38.4 Å². The number of rotatable bonds is 9. The zero-order chi connectivity index (χ0) is 13.3. The number of carbonyl (C=O) groups is 1. The first-order valence-electron chi connectivity index (χ1n) is 6.33. The number of likely N-dealkylation sites (N-methyl/N-ethyl adjacent to an activating group) is 1. The molecule has 102 valence electrons. The third kappa shape index (κ3) is 6.91. The number of thioether (sulfide) groups is 1. The lowest BCUT2D eigenvalue weighted by atomic mass is 10.2. The van der Waals surface area contributed by atoms with Crippen molar-refractivity contribution in [2.75, 3.05) is 31.6 Å². The third-order valence-electron chi connectivity index (χ3n) is 2.98. The van der Waals surface area contributed by atoms with Crippen molar-refractivity contribution in [3.8, 4) is 0 Å². The number of nitrogens with zero attached hydrogens (tertiary/aromatic N) is 1. The third-order valence-corrected chi connectivity index (χ3v) is 3.62. The maximum absolute atomic E-state index is 11.7. The number of nitrogens with one attached hydrogen (secondary N) is 1. The van der Waals surface area contributed by atoms with Crippen LogP contribution in [0.25, 0.3) is 0 Å². The van der Waals surface area contributed by atoms with E-state index in [9.17, 15) is 4.79 Å². The summed E-state index contributed by atoms with van der Waals surface area (Å²) in [6, 6.07) is -0.00643. The van der Waals surface area contributed by atoms with Crippen molar-refractivity contribution < 1.29 is 4.79 Å². The van der Waals surface area contributed by atoms with Gasteiger partial charge in [0.1, 0.15) is 0 Å². The molecular formula is C12H27N3OS. The van der Waals surface area contributed by atoms with Gasteiger partial charge in [0.2, 0.25) is 5.91 Å². The van der Waals surface area contributed by atoms with E-state index in [0.29, 0.717) is 12.6 Å². The molecule has 0 saturated heterocycles. The van der Waals surface area contributed by atoms with Crippen LogP contribution >= 0.6 is 11.8 Å². The number of hydrogen-bond donors (Lipinski definition) is 2. The fourth-order valence-corrected chi connectivity index (χ4v) is 2.22. The quantitative estimate of drug-likeness (QED) is 0.648. The Morgan fingerprint density at radius 1 is 1.41 bits per heavy atom. The van der Waals surface area contributed by atoms with E-state index in [-0.39, 0.29) is 11.9 Å². The molecule has 0 rings (SSSR count). The van der Waals surface area contributed by atoms with Gasteiger partial charge in [-0.25, -0.2) is 0 Å². The monoisotopic (exact) mass is 261 g/mol. The lowest BCUT2D eigenvalue weighted by molar-refractivity contribution is -0.122. The molecule has 0 aromatic heterocycles. The normalized spacial score (nSPS) is 14.7. The Kier molecular flexibility index (Phi) is 9.59. The van der Waals surface area contributed by atoms with Crippen molar-refractivity contribution in [3.63, 3.8) is 0 Å². The number of hydrogen-bond acceptors (Lipinski definition) is 4. The van der Waals surface area contributed by atoms with Crippen LogP contribution in [0.2, 0.25) is 0 Å². The van der Waals surface area contributed by atoms with Gasteiger partial charge < -0.3 is 11.1 Å². The highest BCUT2D eigenvalue weighted by Crippen LogP contribution is 2.00. The number of amides is 1. The molecule has 0 aliphatic heterocycles. The Morgan fingerprint density at radius 3 is 2.47 bits per heavy atom. The Hall–Kier alpha value is -0.260. The fourth-order valence-electron chi connectivity index (χ4n) is 1.73. The summed E-state index contributed by atoms with van der Waals surface area (Å²) >= 11 is 1.72. The molecule has 0 heterocycles. The van der Waals surface area contributed by atoms with Gasteiger partial charge in [0.05, 0.1) is 6.04 Å². The second-order valence-corrected chi connectivity index (χ2v) is 5.19. The molecule has 1 amide bonds. The van der Waals surface area contributed by atoms with Crippen molar-refractivity contribution in [2.24, 2.45) is 5.73 Å². The van der Waals surface area contributed by atoms with Crippen molar-refractivity contribution in [2.45, 2.75) is 39.3 Å². The molecule has 0 aliphatic rings. The van der Waals surface area contributed by atoms with Gasteiger partial charge in [0.25, 0.3) is 0 Å². The predicted molar refractivity (Wildman–Crippen MR) is 76.4 cm³/mol. The summed E-state index contributed by atoms with van der Waals surface area (Å²) in [5, 5.41) is 2.93. The molecule has 0 fully saturated rings. The lowest BCUT2D eigenvalue weighted by Crippen LogP contribution is -2.47. The maximum atomic E-state index is 11.7. The molecule has 0 radical (unpaired) electrons. The molecule has 0 aromatic rings. The predicted octanol–water partition coefficient (Wildman–Crippen LogP) is 0.913. The van der Waals surface area contributed by atoms with Crippen LogP contribution < -0.4 is 11.1 Å². The van der Waals surface area contributed by atoms with E-state index in [4.69, 9.17) is 5.73 Å². The van der Waals surface area contributed by atoms with Crippen LogP contribution in [0, 0.1) is 0 Å². The Labute approximate surface area is 110 Å². The average molecular weight is 261 g/mol. The summed E-state index contributed by atoms with van der Waals surface area (Å²) in [6.45, 7) is 9.07. The molecule has 0 bridgehead atoms. The van der Waals surface area contributed by atoms with Crippen LogP contribution in [0.3, 0.4) is 0 Å². The highest BCUT2D eigenvalue weighted by atomic mass is 32.2. The van der Waals surface area contributed by atoms with Gasteiger partial charge >= 0.3 is 0 Å². The van der Waals surface area contributed by atoms with Crippen molar-refractivity contribution in [1.29, 1.82) is 0 Å². The summed E-state index contributed by atoms with van der Waals surface area (Å²) < 4.78 is 0. The standard InChI is InChI=1S/C12H27N3OS/c1-5-15(6-2)10(3)9-14-12(16)11(13)7-8-17-4/h10-11H,5-9,13H2,1-4H3,(H,14,16).